The summed E-state index contributed by atoms with van der Waals surface area (Å²) in [5, 5.41) is 12.4. The minimum absolute atomic E-state index is 0.00237. The molecule has 0 saturated carbocycles. The Bertz CT molecular complexity index is 1010. The van der Waals surface area contributed by atoms with E-state index in [1.54, 1.807) is 23.7 Å². The Labute approximate surface area is 162 Å². The third-order valence-electron chi connectivity index (χ3n) is 3.59. The van der Waals surface area contributed by atoms with Crippen molar-refractivity contribution >= 4 is 51.7 Å². The van der Waals surface area contributed by atoms with Crippen LogP contribution >= 0.6 is 23.4 Å². The third kappa shape index (κ3) is 4.38. The van der Waals surface area contributed by atoms with Crippen LogP contribution in [0.5, 0.6) is 5.75 Å². The maximum Gasteiger partial charge on any atom is 0.253 e. The molecule has 0 saturated heterocycles. The molecule has 10 heteroatoms. The zero-order chi connectivity index (χ0) is 19.4. The monoisotopic (exact) mass is 408 g/mol. The van der Waals surface area contributed by atoms with Crippen LogP contribution in [0.4, 0.5) is 15.9 Å². The van der Waals surface area contributed by atoms with Gasteiger partial charge in [0.15, 0.2) is 0 Å². The first-order valence-corrected chi connectivity index (χ1v) is 8.98. The Morgan fingerprint density at radius 3 is 2.85 bits per heavy atom. The normalized spacial score (nSPS) is 10.7. The van der Waals surface area contributed by atoms with Gasteiger partial charge in [-0.25, -0.2) is 19.8 Å². The Balaban J connectivity index is 2.00. The van der Waals surface area contributed by atoms with Gasteiger partial charge in [-0.15, -0.1) is 11.8 Å². The number of amides is 1. The molecule has 0 aliphatic carbocycles. The summed E-state index contributed by atoms with van der Waals surface area (Å²) < 4.78 is 18.7. The topological polar surface area (TPSA) is 96.4 Å². The largest absolute Gasteiger partial charge is 0.496 e. The summed E-state index contributed by atoms with van der Waals surface area (Å²) >= 11 is 7.01. The van der Waals surface area contributed by atoms with Gasteiger partial charge in [-0.05, 0) is 24.3 Å². The van der Waals surface area contributed by atoms with E-state index in [1.807, 2.05) is 0 Å². The number of carbonyl (C=O) groups excluding carboxylic acids is 1. The second kappa shape index (κ2) is 8.38. The standard InChI is InChI=1S/C17H14ClFN4O3S/c1-26-14-6-13-10(5-15(14)27-7-16(24)23-25)17(21-8-20-13)22-9-2-3-12(19)11(18)4-9/h2-6,8,25H,7H2,1H3,(H,23,24)(H,20,21,22). The fourth-order valence-electron chi connectivity index (χ4n) is 2.32. The average Bonchev–Trinajstić information content (AvgIpc) is 2.68. The molecule has 140 valence electrons. The van der Waals surface area contributed by atoms with Gasteiger partial charge in [0.2, 0.25) is 0 Å². The lowest BCUT2D eigenvalue weighted by Gasteiger charge is -2.12. The van der Waals surface area contributed by atoms with Crippen molar-refractivity contribution in [2.75, 3.05) is 18.2 Å². The van der Waals surface area contributed by atoms with Gasteiger partial charge in [0.1, 0.15) is 23.7 Å². The fraction of sp³-hybridized carbons (Fsp3) is 0.118. The van der Waals surface area contributed by atoms with Gasteiger partial charge in [-0.2, -0.15) is 0 Å². The number of aromatic nitrogens is 2. The molecule has 1 heterocycles. The summed E-state index contributed by atoms with van der Waals surface area (Å²) in [6.07, 6.45) is 1.39. The van der Waals surface area contributed by atoms with Gasteiger partial charge in [0, 0.05) is 17.1 Å². The molecule has 7 nitrogen and oxygen atoms in total. The highest BCUT2D eigenvalue weighted by molar-refractivity contribution is 8.00. The number of hydroxylamine groups is 1. The number of methoxy groups -OCH3 is 1. The average molecular weight is 409 g/mol. The van der Waals surface area contributed by atoms with Gasteiger partial charge in [0.25, 0.3) is 5.91 Å². The third-order valence-corrected chi connectivity index (χ3v) is 4.91. The van der Waals surface area contributed by atoms with Crippen LogP contribution < -0.4 is 15.5 Å². The predicted octanol–water partition coefficient (Wildman–Crippen LogP) is 3.77. The zero-order valence-electron chi connectivity index (χ0n) is 14.0. The van der Waals surface area contributed by atoms with E-state index in [0.717, 1.165) is 0 Å². The van der Waals surface area contributed by atoms with Crippen LogP contribution in [0.3, 0.4) is 0 Å². The number of carbonyl (C=O) groups is 1. The summed E-state index contributed by atoms with van der Waals surface area (Å²) in [5.41, 5.74) is 2.76. The van der Waals surface area contributed by atoms with E-state index in [2.05, 4.69) is 15.3 Å². The van der Waals surface area contributed by atoms with Gasteiger partial charge in [0.05, 0.1) is 28.3 Å². The summed E-state index contributed by atoms with van der Waals surface area (Å²) in [4.78, 5) is 20.4. The van der Waals surface area contributed by atoms with Crippen LogP contribution in [0.25, 0.3) is 10.9 Å². The number of fused-ring (bicyclic) bond motifs is 1. The van der Waals surface area contributed by atoms with Gasteiger partial charge in [-0.3, -0.25) is 10.0 Å². The van der Waals surface area contributed by atoms with E-state index in [1.165, 1.54) is 37.3 Å². The predicted molar refractivity (Wildman–Crippen MR) is 101 cm³/mol. The smallest absolute Gasteiger partial charge is 0.253 e. The SMILES string of the molecule is COc1cc2ncnc(Nc3ccc(F)c(Cl)c3)c2cc1SCC(=O)NO. The van der Waals surface area contributed by atoms with E-state index >= 15 is 0 Å². The molecule has 0 aliphatic heterocycles. The van der Waals surface area contributed by atoms with Gasteiger partial charge >= 0.3 is 0 Å². The lowest BCUT2D eigenvalue weighted by atomic mass is 10.2. The van der Waals surface area contributed by atoms with E-state index in [0.29, 0.717) is 33.1 Å². The number of rotatable bonds is 6. The minimum atomic E-state index is -0.536. The van der Waals surface area contributed by atoms with Crippen LogP contribution in [0, 0.1) is 5.82 Å². The van der Waals surface area contributed by atoms with Crippen molar-refractivity contribution in [1.82, 2.24) is 15.4 Å². The molecule has 27 heavy (non-hydrogen) atoms. The van der Waals surface area contributed by atoms with Crippen LogP contribution in [0.15, 0.2) is 41.6 Å². The summed E-state index contributed by atoms with van der Waals surface area (Å²) in [6.45, 7) is 0. The lowest BCUT2D eigenvalue weighted by Crippen LogP contribution is -2.20. The van der Waals surface area contributed by atoms with Crippen LogP contribution in [-0.2, 0) is 4.79 Å². The summed E-state index contributed by atoms with van der Waals surface area (Å²) in [7, 11) is 1.51. The van der Waals surface area contributed by atoms with Crippen LogP contribution in [-0.4, -0.2) is 33.9 Å². The molecule has 0 atom stereocenters. The first-order valence-electron chi connectivity index (χ1n) is 7.62. The Hall–Kier alpha value is -2.62. The number of nitrogens with zero attached hydrogens (tertiary/aromatic N) is 2. The molecule has 2 aromatic carbocycles. The molecule has 0 unspecified atom stereocenters. The van der Waals surface area contributed by atoms with Crippen molar-refractivity contribution in [2.45, 2.75) is 4.90 Å². The Morgan fingerprint density at radius 1 is 1.33 bits per heavy atom. The van der Waals surface area contributed by atoms with Crippen molar-refractivity contribution in [1.29, 1.82) is 0 Å². The number of ether oxygens (including phenoxy) is 1. The highest BCUT2D eigenvalue weighted by Gasteiger charge is 2.13. The van der Waals surface area contributed by atoms with E-state index in [9.17, 15) is 9.18 Å². The number of hydrogen-bond donors (Lipinski definition) is 3. The molecule has 0 fully saturated rings. The number of halogens is 2. The quantitative estimate of drug-likeness (QED) is 0.324. The highest BCUT2D eigenvalue weighted by atomic mass is 35.5. The van der Waals surface area contributed by atoms with Crippen molar-refractivity contribution < 1.29 is 19.1 Å². The van der Waals surface area contributed by atoms with Gasteiger partial charge in [-0.1, -0.05) is 11.6 Å². The van der Waals surface area contributed by atoms with Crippen LogP contribution in [0.1, 0.15) is 0 Å². The molecule has 0 spiro atoms. The molecule has 3 rings (SSSR count). The van der Waals surface area contributed by atoms with E-state index in [-0.39, 0.29) is 10.8 Å². The van der Waals surface area contributed by atoms with E-state index in [4.69, 9.17) is 21.5 Å². The van der Waals surface area contributed by atoms with Gasteiger partial charge < -0.3 is 10.1 Å². The molecule has 1 aromatic heterocycles. The first kappa shape index (κ1) is 19.2. The molecule has 3 N–H and O–H groups in total. The molecule has 0 aliphatic rings. The molecule has 0 bridgehead atoms. The maximum absolute atomic E-state index is 13.4. The van der Waals surface area contributed by atoms with Crippen molar-refractivity contribution in [3.63, 3.8) is 0 Å². The number of benzene rings is 2. The second-order valence-corrected chi connectivity index (χ2v) is 6.74. The maximum atomic E-state index is 13.4. The lowest BCUT2D eigenvalue weighted by molar-refractivity contribution is -0.126. The summed E-state index contributed by atoms with van der Waals surface area (Å²) in [6, 6.07) is 7.75. The second-order valence-electron chi connectivity index (χ2n) is 5.32. The Kier molecular flexibility index (Phi) is 5.94. The molecule has 0 radical (unpaired) electrons. The number of thioether (sulfide) groups is 1. The first-order chi connectivity index (χ1) is 13.0. The van der Waals surface area contributed by atoms with Crippen molar-refractivity contribution in [3.8, 4) is 5.75 Å². The highest BCUT2D eigenvalue weighted by Crippen LogP contribution is 2.35. The van der Waals surface area contributed by atoms with E-state index < -0.39 is 11.7 Å². The minimum Gasteiger partial charge on any atom is -0.496 e. The Morgan fingerprint density at radius 2 is 2.15 bits per heavy atom. The molecule has 3 aromatic rings. The number of anilines is 2. The van der Waals surface area contributed by atoms with Crippen LogP contribution in [0.2, 0.25) is 5.02 Å². The molecule has 1 amide bonds. The molecular formula is C17H14ClFN4O3S. The molecular weight excluding hydrogens is 395 g/mol. The fourth-order valence-corrected chi connectivity index (χ4v) is 3.34. The zero-order valence-corrected chi connectivity index (χ0v) is 15.6. The number of hydrogen-bond acceptors (Lipinski definition) is 7. The van der Waals surface area contributed by atoms with Crippen molar-refractivity contribution in [2.24, 2.45) is 0 Å². The van der Waals surface area contributed by atoms with Crippen molar-refractivity contribution in [3.05, 3.63) is 47.5 Å². The summed E-state index contributed by atoms with van der Waals surface area (Å²) in [5.74, 6) is -0.0276. The number of nitrogens with one attached hydrogen (secondary N) is 2.